The summed E-state index contributed by atoms with van der Waals surface area (Å²) in [5, 5.41) is 2.77. The molecule has 0 unspecified atom stereocenters. The molecule has 0 radical (unpaired) electrons. The smallest absolute Gasteiger partial charge is 0.339 e. The van der Waals surface area contributed by atoms with Crippen LogP contribution in [0.3, 0.4) is 0 Å². The van der Waals surface area contributed by atoms with Crippen molar-refractivity contribution in [3.05, 3.63) is 112 Å². The molecule has 6 rings (SSSR count). The van der Waals surface area contributed by atoms with Crippen molar-refractivity contribution in [2.45, 2.75) is 13.5 Å². The van der Waals surface area contributed by atoms with Crippen LogP contribution in [0.25, 0.3) is 17.2 Å². The van der Waals surface area contributed by atoms with Gasteiger partial charge in [-0.15, -0.1) is 0 Å². The lowest BCUT2D eigenvalue weighted by molar-refractivity contribution is -0.127. The van der Waals surface area contributed by atoms with Crippen molar-refractivity contribution in [1.82, 2.24) is 23.6 Å². The van der Waals surface area contributed by atoms with Crippen molar-refractivity contribution in [2.24, 2.45) is 14.1 Å². The highest BCUT2D eigenvalue weighted by atomic mass is 35.5. The normalized spacial score (nSPS) is 13.5. The summed E-state index contributed by atoms with van der Waals surface area (Å²) in [4.78, 5) is 82.6. The summed E-state index contributed by atoms with van der Waals surface area (Å²) >= 11 is 19.3. The van der Waals surface area contributed by atoms with Crippen LogP contribution in [0.2, 0.25) is 15.1 Å². The minimum atomic E-state index is -0.700. The number of esters is 1. The molecule has 19 heteroatoms. The monoisotopic (exact) mass is 826 g/mol. The number of imidazole rings is 1. The number of halogens is 3. The third-order valence-corrected chi connectivity index (χ3v) is 10.1. The van der Waals surface area contributed by atoms with Crippen LogP contribution in [-0.2, 0) is 35.0 Å². The molecule has 0 atom stereocenters. The molecule has 2 aromatic heterocycles. The second-order valence-corrected chi connectivity index (χ2v) is 14.1. The number of carbonyl (C=O) groups excluding carboxylic acids is 4. The molecule has 3 heterocycles. The Morgan fingerprint density at radius 2 is 1.69 bits per heavy atom. The third kappa shape index (κ3) is 7.98. The maximum Gasteiger partial charge on any atom is 0.339 e. The maximum absolute atomic E-state index is 13.4. The summed E-state index contributed by atoms with van der Waals surface area (Å²) in [7, 11) is 4.23. The van der Waals surface area contributed by atoms with Crippen molar-refractivity contribution < 1.29 is 33.4 Å². The Bertz CT molecular complexity index is 2580. The Morgan fingerprint density at radius 1 is 0.927 bits per heavy atom. The van der Waals surface area contributed by atoms with Crippen LogP contribution in [0.5, 0.6) is 17.5 Å². The van der Waals surface area contributed by atoms with Gasteiger partial charge in [-0.25, -0.2) is 9.59 Å². The molecular weight excluding hydrogens is 799 g/mol. The standard InChI is InChI=1S/C36H29Cl3N6O9S/c1-5-53-33(49)22-15-21(9-10-23(22)38)40-28(46)17-45-31(47)27(55-36(45)51)13-18-6-11-25(26(12-18)52-4)54-34-41-30-29(32(48)43(3)35(50)42(30)2)44(34)16-19-7-8-20(37)14-24(19)39/h6-15H,5,16-17H2,1-4H3,(H,40,46). The van der Waals surface area contributed by atoms with Gasteiger partial charge in [-0.2, -0.15) is 4.98 Å². The molecular formula is C36H29Cl3N6O9S. The number of nitrogens with zero attached hydrogens (tertiary/aromatic N) is 5. The van der Waals surface area contributed by atoms with Gasteiger partial charge in [-0.1, -0.05) is 46.9 Å². The van der Waals surface area contributed by atoms with Crippen LogP contribution in [0, 0.1) is 0 Å². The molecule has 284 valence electrons. The topological polar surface area (TPSA) is 173 Å². The summed E-state index contributed by atoms with van der Waals surface area (Å²) < 4.78 is 20.4. The molecule has 1 aliphatic heterocycles. The van der Waals surface area contributed by atoms with Gasteiger partial charge in [0, 0.05) is 29.8 Å². The van der Waals surface area contributed by atoms with Gasteiger partial charge in [0.15, 0.2) is 22.7 Å². The summed E-state index contributed by atoms with van der Waals surface area (Å²) in [5.41, 5.74) is 0.260. The zero-order chi connectivity index (χ0) is 39.7. The molecule has 0 aliphatic carbocycles. The number of hydrogen-bond acceptors (Lipinski definition) is 11. The highest BCUT2D eigenvalue weighted by Crippen LogP contribution is 2.37. The first-order valence-electron chi connectivity index (χ1n) is 16.2. The zero-order valence-corrected chi connectivity index (χ0v) is 32.4. The van der Waals surface area contributed by atoms with E-state index in [1.54, 1.807) is 37.3 Å². The Hall–Kier alpha value is -5.55. The predicted octanol–water partition coefficient (Wildman–Crippen LogP) is 6.09. The number of ether oxygens (including phenoxy) is 3. The number of hydrogen-bond donors (Lipinski definition) is 1. The number of thioether (sulfide) groups is 1. The number of benzene rings is 3. The molecule has 15 nitrogen and oxygen atoms in total. The van der Waals surface area contributed by atoms with Gasteiger partial charge in [-0.3, -0.25) is 37.8 Å². The summed E-state index contributed by atoms with van der Waals surface area (Å²) in [6.45, 7) is 1.20. The van der Waals surface area contributed by atoms with Gasteiger partial charge in [0.25, 0.3) is 16.7 Å². The van der Waals surface area contributed by atoms with E-state index in [0.29, 0.717) is 32.9 Å². The molecule has 1 fully saturated rings. The van der Waals surface area contributed by atoms with E-state index >= 15 is 0 Å². The first kappa shape index (κ1) is 39.2. The Morgan fingerprint density at radius 3 is 2.40 bits per heavy atom. The fraction of sp³-hybridized carbons (Fsp3) is 0.194. The highest BCUT2D eigenvalue weighted by Gasteiger charge is 2.36. The van der Waals surface area contributed by atoms with Gasteiger partial charge < -0.3 is 19.5 Å². The van der Waals surface area contributed by atoms with Crippen LogP contribution < -0.4 is 26.0 Å². The van der Waals surface area contributed by atoms with E-state index in [0.717, 1.165) is 9.47 Å². The first-order chi connectivity index (χ1) is 26.2. The molecule has 0 spiro atoms. The van der Waals surface area contributed by atoms with Gasteiger partial charge in [0.2, 0.25) is 5.91 Å². The Balaban J connectivity index is 1.24. The fourth-order valence-corrected chi connectivity index (χ4v) is 7.03. The molecule has 1 N–H and O–H groups in total. The molecule has 1 aliphatic rings. The number of amides is 3. The second kappa shape index (κ2) is 16.0. The number of methoxy groups -OCH3 is 1. The number of rotatable bonds is 11. The predicted molar refractivity (Wildman–Crippen MR) is 208 cm³/mol. The summed E-state index contributed by atoms with van der Waals surface area (Å²) in [6.07, 6.45) is 1.46. The number of anilines is 1. The van der Waals surface area contributed by atoms with E-state index in [-0.39, 0.29) is 63.0 Å². The highest BCUT2D eigenvalue weighted by molar-refractivity contribution is 8.18. The van der Waals surface area contributed by atoms with Gasteiger partial charge in [-0.05, 0) is 78.4 Å². The largest absolute Gasteiger partial charge is 0.493 e. The molecule has 3 aromatic carbocycles. The van der Waals surface area contributed by atoms with E-state index in [4.69, 9.17) is 49.0 Å². The zero-order valence-electron chi connectivity index (χ0n) is 29.3. The second-order valence-electron chi connectivity index (χ2n) is 11.8. The number of fused-ring (bicyclic) bond motifs is 1. The van der Waals surface area contributed by atoms with Gasteiger partial charge in [0.1, 0.15) is 6.54 Å². The quantitative estimate of drug-likeness (QED) is 0.121. The lowest BCUT2D eigenvalue weighted by atomic mass is 10.2. The lowest BCUT2D eigenvalue weighted by Gasteiger charge is -2.14. The van der Waals surface area contributed by atoms with Crippen LogP contribution in [0.4, 0.5) is 10.5 Å². The molecule has 0 bridgehead atoms. The van der Waals surface area contributed by atoms with E-state index in [2.05, 4.69) is 10.3 Å². The number of carbonyl (C=O) groups is 4. The van der Waals surface area contributed by atoms with Crippen LogP contribution in [-0.4, -0.2) is 66.9 Å². The van der Waals surface area contributed by atoms with Crippen molar-refractivity contribution in [1.29, 1.82) is 0 Å². The SMILES string of the molecule is CCOC(=O)c1cc(NC(=O)CN2C(=O)SC(=Cc3ccc(Oc4nc5c(c(=O)n(C)c(=O)n5C)n4Cc4ccc(Cl)cc4Cl)c(OC)c3)C2=O)ccc1Cl. The average Bonchev–Trinajstić information content (AvgIpc) is 3.63. The molecule has 0 saturated carbocycles. The molecule has 5 aromatic rings. The third-order valence-electron chi connectivity index (χ3n) is 8.26. The van der Waals surface area contributed by atoms with Gasteiger partial charge >= 0.3 is 17.7 Å². The van der Waals surface area contributed by atoms with E-state index in [1.165, 1.54) is 60.7 Å². The summed E-state index contributed by atoms with van der Waals surface area (Å²) in [6, 6.07) is 13.7. The lowest BCUT2D eigenvalue weighted by Crippen LogP contribution is -2.37. The van der Waals surface area contributed by atoms with Crippen LogP contribution >= 0.6 is 46.6 Å². The van der Waals surface area contributed by atoms with E-state index in [1.807, 2.05) is 0 Å². The van der Waals surface area contributed by atoms with Crippen molar-refractivity contribution in [3.63, 3.8) is 0 Å². The van der Waals surface area contributed by atoms with Crippen LogP contribution in [0.1, 0.15) is 28.4 Å². The number of aryl methyl sites for hydroxylation is 1. The van der Waals surface area contributed by atoms with Crippen LogP contribution in [0.15, 0.2) is 69.1 Å². The summed E-state index contributed by atoms with van der Waals surface area (Å²) in [5.74, 6) is -1.70. The number of imide groups is 1. The first-order valence-corrected chi connectivity index (χ1v) is 18.1. The minimum absolute atomic E-state index is 0.0258. The van der Waals surface area contributed by atoms with Crippen molar-refractivity contribution in [2.75, 3.05) is 25.6 Å². The van der Waals surface area contributed by atoms with Gasteiger partial charge in [0.05, 0.1) is 35.8 Å². The van der Waals surface area contributed by atoms with E-state index in [9.17, 15) is 28.8 Å². The molecule has 3 amide bonds. The number of nitrogens with one attached hydrogen (secondary N) is 1. The Labute approximate surface area is 330 Å². The molecule has 1 saturated heterocycles. The van der Waals surface area contributed by atoms with Crippen molar-refractivity contribution >= 4 is 92.5 Å². The number of aromatic nitrogens is 4. The Kier molecular flexibility index (Phi) is 11.4. The molecule has 55 heavy (non-hydrogen) atoms. The van der Waals surface area contributed by atoms with Crippen molar-refractivity contribution in [3.8, 4) is 17.5 Å². The fourth-order valence-electron chi connectivity index (χ4n) is 5.53. The van der Waals surface area contributed by atoms with E-state index < -0.39 is 40.8 Å². The maximum atomic E-state index is 13.4. The minimum Gasteiger partial charge on any atom is -0.493 e. The average molecular weight is 828 g/mol.